The molecule has 2 aliphatic heterocycles. The molecule has 3 aliphatic rings. The fourth-order valence-corrected chi connectivity index (χ4v) is 5.47. The van der Waals surface area contributed by atoms with Crippen molar-refractivity contribution in [1.82, 2.24) is 14.5 Å². The Balaban J connectivity index is 1.33. The SMILES string of the molecule is CCS(=O)(=O)NC1CCC2(CC1)CN(CC1CN(C(=O)OC(C)(C)C)C1)C2. The zero-order valence-electron chi connectivity index (χ0n) is 17.2. The Morgan fingerprint density at radius 1 is 1.19 bits per heavy atom. The maximum Gasteiger partial charge on any atom is 0.410 e. The molecule has 0 bridgehead atoms. The van der Waals surface area contributed by atoms with Gasteiger partial charge in [0.05, 0.1) is 5.75 Å². The van der Waals surface area contributed by atoms with Crippen LogP contribution in [0.25, 0.3) is 0 Å². The Bertz CT molecular complexity index is 636. The molecular weight excluding hydrogens is 366 g/mol. The summed E-state index contributed by atoms with van der Waals surface area (Å²) in [5.41, 5.74) is -0.0427. The van der Waals surface area contributed by atoms with Crippen molar-refractivity contribution in [3.63, 3.8) is 0 Å². The molecule has 1 N–H and O–H groups in total. The van der Waals surface area contributed by atoms with Crippen molar-refractivity contribution < 1.29 is 17.9 Å². The van der Waals surface area contributed by atoms with E-state index in [9.17, 15) is 13.2 Å². The van der Waals surface area contributed by atoms with Crippen LogP contribution in [-0.4, -0.2) is 74.4 Å². The first-order chi connectivity index (χ1) is 12.5. The average Bonchev–Trinajstić information content (AvgIpc) is 2.48. The molecule has 3 fully saturated rings. The summed E-state index contributed by atoms with van der Waals surface area (Å²) in [5, 5.41) is 0. The minimum absolute atomic E-state index is 0.114. The number of carbonyl (C=O) groups is 1. The molecule has 8 heteroatoms. The summed E-state index contributed by atoms with van der Waals surface area (Å²) in [6.45, 7) is 12.2. The zero-order valence-corrected chi connectivity index (χ0v) is 18.0. The molecule has 3 rings (SSSR count). The van der Waals surface area contributed by atoms with Crippen molar-refractivity contribution >= 4 is 16.1 Å². The number of carbonyl (C=O) groups excluding carboxylic acids is 1. The summed E-state index contributed by atoms with van der Waals surface area (Å²) in [6.07, 6.45) is 3.91. The third-order valence-corrected chi connectivity index (χ3v) is 7.47. The summed E-state index contributed by atoms with van der Waals surface area (Å²) in [7, 11) is -3.09. The minimum Gasteiger partial charge on any atom is -0.444 e. The van der Waals surface area contributed by atoms with E-state index in [4.69, 9.17) is 4.74 Å². The largest absolute Gasteiger partial charge is 0.444 e. The van der Waals surface area contributed by atoms with Gasteiger partial charge >= 0.3 is 6.09 Å². The Labute approximate surface area is 163 Å². The molecule has 0 aromatic carbocycles. The molecule has 1 aliphatic carbocycles. The lowest BCUT2D eigenvalue weighted by molar-refractivity contribution is -0.0594. The first-order valence-corrected chi connectivity index (χ1v) is 11.8. The topological polar surface area (TPSA) is 79.0 Å². The summed E-state index contributed by atoms with van der Waals surface area (Å²) < 4.78 is 31.7. The number of ether oxygens (including phenoxy) is 1. The number of hydrogen-bond donors (Lipinski definition) is 1. The fourth-order valence-electron chi connectivity index (χ4n) is 4.56. The lowest BCUT2D eigenvalue weighted by Crippen LogP contribution is -2.62. The van der Waals surface area contributed by atoms with Gasteiger partial charge in [0, 0.05) is 44.7 Å². The molecule has 7 nitrogen and oxygen atoms in total. The van der Waals surface area contributed by atoms with Gasteiger partial charge in [0.15, 0.2) is 0 Å². The van der Waals surface area contributed by atoms with E-state index in [1.165, 1.54) is 0 Å². The highest BCUT2D eigenvalue weighted by molar-refractivity contribution is 7.89. The van der Waals surface area contributed by atoms with Gasteiger partial charge in [-0.15, -0.1) is 0 Å². The second-order valence-corrected chi connectivity index (χ2v) is 11.8. The van der Waals surface area contributed by atoms with Gasteiger partial charge in [-0.1, -0.05) is 0 Å². The Kier molecular flexibility index (Phi) is 5.81. The molecule has 1 amide bonds. The zero-order chi connectivity index (χ0) is 19.9. The van der Waals surface area contributed by atoms with Crippen molar-refractivity contribution in [3.05, 3.63) is 0 Å². The Morgan fingerprint density at radius 2 is 1.78 bits per heavy atom. The van der Waals surface area contributed by atoms with Gasteiger partial charge in [-0.2, -0.15) is 0 Å². The third kappa shape index (κ3) is 5.35. The molecule has 0 atom stereocenters. The lowest BCUT2D eigenvalue weighted by atomic mass is 9.67. The van der Waals surface area contributed by atoms with Gasteiger partial charge in [0.25, 0.3) is 0 Å². The summed E-state index contributed by atoms with van der Waals surface area (Å²) in [6, 6.07) is 0.114. The Hall–Kier alpha value is -0.860. The number of amides is 1. The standard InChI is InChI=1S/C19H35N3O4S/c1-5-27(24,25)20-16-6-8-19(9-7-16)13-21(14-19)10-15-11-22(12-15)17(23)26-18(2,3)4/h15-16,20H,5-14H2,1-4H3. The van der Waals surface area contributed by atoms with Crippen LogP contribution >= 0.6 is 0 Å². The first-order valence-electron chi connectivity index (χ1n) is 10.2. The fraction of sp³-hybridized carbons (Fsp3) is 0.947. The average molecular weight is 402 g/mol. The Morgan fingerprint density at radius 3 is 2.30 bits per heavy atom. The van der Waals surface area contributed by atoms with Crippen molar-refractivity contribution in [2.24, 2.45) is 11.3 Å². The van der Waals surface area contributed by atoms with Crippen molar-refractivity contribution in [2.75, 3.05) is 38.5 Å². The van der Waals surface area contributed by atoms with Crippen LogP contribution in [0.3, 0.4) is 0 Å². The monoisotopic (exact) mass is 401 g/mol. The van der Waals surface area contributed by atoms with Crippen LogP contribution in [0.5, 0.6) is 0 Å². The van der Waals surface area contributed by atoms with Crippen molar-refractivity contribution in [3.8, 4) is 0 Å². The van der Waals surface area contributed by atoms with E-state index in [0.29, 0.717) is 11.3 Å². The maximum atomic E-state index is 12.0. The number of rotatable bonds is 5. The van der Waals surface area contributed by atoms with Crippen molar-refractivity contribution in [2.45, 2.75) is 65.0 Å². The van der Waals surface area contributed by atoms with E-state index in [1.807, 2.05) is 20.8 Å². The second kappa shape index (κ2) is 7.52. The number of nitrogens with zero attached hydrogens (tertiary/aromatic N) is 2. The number of likely N-dealkylation sites (tertiary alicyclic amines) is 2. The van der Waals surface area contributed by atoms with E-state index in [1.54, 1.807) is 11.8 Å². The lowest BCUT2D eigenvalue weighted by Gasteiger charge is -2.55. The summed E-state index contributed by atoms with van der Waals surface area (Å²) >= 11 is 0. The first kappa shape index (κ1) is 20.9. The summed E-state index contributed by atoms with van der Waals surface area (Å²) in [4.78, 5) is 16.3. The van der Waals surface area contributed by atoms with Crippen LogP contribution in [0, 0.1) is 11.3 Å². The van der Waals surface area contributed by atoms with Crippen molar-refractivity contribution in [1.29, 1.82) is 0 Å². The minimum atomic E-state index is -3.09. The van der Waals surface area contributed by atoms with Crippen LogP contribution < -0.4 is 4.72 Å². The summed E-state index contributed by atoms with van der Waals surface area (Å²) in [5.74, 6) is 0.701. The van der Waals surface area contributed by atoms with E-state index in [-0.39, 0.29) is 17.9 Å². The van der Waals surface area contributed by atoms with E-state index in [0.717, 1.165) is 58.4 Å². The smallest absolute Gasteiger partial charge is 0.410 e. The maximum absolute atomic E-state index is 12.0. The van der Waals surface area contributed by atoms with Crippen LogP contribution in [0.4, 0.5) is 4.79 Å². The molecule has 2 heterocycles. The van der Waals surface area contributed by atoms with Crippen LogP contribution in [0.2, 0.25) is 0 Å². The normalized spacial score (nSPS) is 24.5. The predicted octanol–water partition coefficient (Wildman–Crippen LogP) is 2.04. The van der Waals surface area contributed by atoms with E-state index >= 15 is 0 Å². The van der Waals surface area contributed by atoms with Crippen LogP contribution in [-0.2, 0) is 14.8 Å². The highest BCUT2D eigenvalue weighted by Crippen LogP contribution is 2.44. The van der Waals surface area contributed by atoms with Gasteiger partial charge in [-0.05, 0) is 58.8 Å². The van der Waals surface area contributed by atoms with E-state index in [2.05, 4.69) is 9.62 Å². The highest BCUT2D eigenvalue weighted by Gasteiger charge is 2.46. The molecule has 0 aromatic heterocycles. The second-order valence-electron chi connectivity index (χ2n) is 9.72. The molecule has 0 aromatic rings. The quantitative estimate of drug-likeness (QED) is 0.763. The van der Waals surface area contributed by atoms with Crippen LogP contribution in [0.15, 0.2) is 0 Å². The van der Waals surface area contributed by atoms with Gasteiger partial charge in [-0.25, -0.2) is 17.9 Å². The van der Waals surface area contributed by atoms with E-state index < -0.39 is 15.6 Å². The highest BCUT2D eigenvalue weighted by atomic mass is 32.2. The molecule has 156 valence electrons. The van der Waals surface area contributed by atoms with Gasteiger partial charge in [0.2, 0.25) is 10.0 Å². The van der Waals surface area contributed by atoms with Gasteiger partial charge < -0.3 is 14.5 Å². The number of sulfonamides is 1. The molecule has 2 saturated heterocycles. The molecule has 1 spiro atoms. The van der Waals surface area contributed by atoms with Crippen LogP contribution in [0.1, 0.15) is 53.4 Å². The number of nitrogens with one attached hydrogen (secondary N) is 1. The van der Waals surface area contributed by atoms with Gasteiger partial charge in [0.1, 0.15) is 5.60 Å². The molecule has 0 unspecified atom stereocenters. The third-order valence-electron chi connectivity index (χ3n) is 6.02. The molecular formula is C19H35N3O4S. The molecule has 27 heavy (non-hydrogen) atoms. The predicted molar refractivity (Wildman–Crippen MR) is 105 cm³/mol. The van der Waals surface area contributed by atoms with Gasteiger partial charge in [-0.3, -0.25) is 0 Å². The molecule has 1 saturated carbocycles. The molecule has 0 radical (unpaired) electrons. The number of hydrogen-bond acceptors (Lipinski definition) is 5.